The molecule has 0 radical (unpaired) electrons. The molecule has 3 unspecified atom stereocenters. The van der Waals surface area contributed by atoms with E-state index in [4.69, 9.17) is 4.74 Å². The number of nitrogens with one attached hydrogen (secondary N) is 2. The molecule has 3 fully saturated rings. The van der Waals surface area contributed by atoms with Crippen LogP contribution in [0.4, 0.5) is 5.69 Å². The summed E-state index contributed by atoms with van der Waals surface area (Å²) in [6, 6.07) is 6.03. The first kappa shape index (κ1) is 28.7. The molecule has 3 heterocycles. The predicted octanol–water partition coefficient (Wildman–Crippen LogP) is 3.68. The SMILES string of the molecule is CCCCCNC(=O)C1N([C@@H](CO)C(C)C)C(=O)[C@@H]2[C@@H](C(=O)Nc3ccc(OCC)cc3)[C@H]3CC(C)C12S3. The van der Waals surface area contributed by atoms with Gasteiger partial charge in [-0.1, -0.05) is 40.5 Å². The number of carbonyl (C=O) groups is 3. The molecule has 0 aromatic heterocycles. The number of ether oxygens (including phenoxy) is 1. The van der Waals surface area contributed by atoms with E-state index >= 15 is 0 Å². The lowest BCUT2D eigenvalue weighted by atomic mass is 9.66. The van der Waals surface area contributed by atoms with Crippen molar-refractivity contribution < 1.29 is 24.2 Å². The Morgan fingerprint density at radius 1 is 1.18 bits per heavy atom. The molecular weight excluding hydrogens is 502 g/mol. The van der Waals surface area contributed by atoms with E-state index in [1.165, 1.54) is 0 Å². The van der Waals surface area contributed by atoms with Crippen molar-refractivity contribution in [2.24, 2.45) is 23.7 Å². The van der Waals surface area contributed by atoms with Crippen molar-refractivity contribution in [1.29, 1.82) is 0 Å². The molecule has 3 N–H and O–H groups in total. The van der Waals surface area contributed by atoms with E-state index < -0.39 is 28.7 Å². The molecule has 7 atom stereocenters. The maximum atomic E-state index is 14.2. The number of amides is 3. The van der Waals surface area contributed by atoms with Crippen LogP contribution in [0.2, 0.25) is 0 Å². The van der Waals surface area contributed by atoms with Crippen LogP contribution in [0.5, 0.6) is 5.75 Å². The molecular formula is C29H43N3O5S. The van der Waals surface area contributed by atoms with Gasteiger partial charge in [0.1, 0.15) is 11.8 Å². The van der Waals surface area contributed by atoms with Gasteiger partial charge in [0.05, 0.1) is 35.8 Å². The Morgan fingerprint density at radius 3 is 2.50 bits per heavy atom. The molecule has 4 rings (SSSR count). The molecule has 1 spiro atoms. The number of benzene rings is 1. The minimum Gasteiger partial charge on any atom is -0.494 e. The molecule has 1 aromatic rings. The van der Waals surface area contributed by atoms with Crippen LogP contribution in [0.3, 0.4) is 0 Å². The number of thioether (sulfide) groups is 1. The average molecular weight is 546 g/mol. The summed E-state index contributed by atoms with van der Waals surface area (Å²) < 4.78 is 4.81. The number of hydrogen-bond acceptors (Lipinski definition) is 6. The standard InChI is InChI=1S/C29H43N3O5S/c1-6-8-9-14-30-27(35)25-29-18(5)15-22(38-29)23(24(29)28(36)32(25)21(16-33)17(3)4)26(34)31-19-10-12-20(13-11-19)37-7-2/h10-13,17-18,21-25,33H,6-9,14-16H2,1-5H3,(H,30,35)(H,31,34)/t18?,21-,22+,23-,24-,25?,29?/m0/s1. The summed E-state index contributed by atoms with van der Waals surface area (Å²) in [5.74, 6) is -0.902. The number of nitrogens with zero attached hydrogens (tertiary/aromatic N) is 1. The lowest BCUT2D eigenvalue weighted by Crippen LogP contribution is -2.59. The summed E-state index contributed by atoms with van der Waals surface area (Å²) >= 11 is 1.66. The second-order valence-corrected chi connectivity index (χ2v) is 12.8. The van der Waals surface area contributed by atoms with E-state index in [1.807, 2.05) is 32.9 Å². The van der Waals surface area contributed by atoms with E-state index in [2.05, 4.69) is 24.5 Å². The third-order valence-electron chi connectivity index (χ3n) is 8.56. The maximum absolute atomic E-state index is 14.2. The zero-order valence-electron chi connectivity index (χ0n) is 23.2. The summed E-state index contributed by atoms with van der Waals surface area (Å²) in [5.41, 5.74) is 0.649. The van der Waals surface area contributed by atoms with Gasteiger partial charge < -0.3 is 25.4 Å². The quantitative estimate of drug-likeness (QED) is 0.346. The van der Waals surface area contributed by atoms with Crippen molar-refractivity contribution in [3.05, 3.63) is 24.3 Å². The molecule has 3 aliphatic heterocycles. The molecule has 2 bridgehead atoms. The molecule has 8 nitrogen and oxygen atoms in total. The molecule has 38 heavy (non-hydrogen) atoms. The molecule has 210 valence electrons. The van der Waals surface area contributed by atoms with Crippen LogP contribution in [0.15, 0.2) is 24.3 Å². The normalized spacial score (nSPS) is 30.4. The monoisotopic (exact) mass is 545 g/mol. The minimum atomic E-state index is -0.713. The van der Waals surface area contributed by atoms with Crippen LogP contribution in [-0.2, 0) is 14.4 Å². The van der Waals surface area contributed by atoms with Gasteiger partial charge in [-0.25, -0.2) is 0 Å². The fraction of sp³-hybridized carbons (Fsp3) is 0.690. The Balaban J connectivity index is 1.65. The Morgan fingerprint density at radius 2 is 1.89 bits per heavy atom. The lowest BCUT2D eigenvalue weighted by molar-refractivity contribution is -0.143. The van der Waals surface area contributed by atoms with Crippen molar-refractivity contribution >= 4 is 35.2 Å². The fourth-order valence-corrected chi connectivity index (χ4v) is 9.16. The molecule has 3 amide bonds. The number of rotatable bonds is 12. The van der Waals surface area contributed by atoms with Crippen molar-refractivity contribution in [3.63, 3.8) is 0 Å². The fourth-order valence-electron chi connectivity index (χ4n) is 6.75. The van der Waals surface area contributed by atoms with Crippen LogP contribution in [0.1, 0.15) is 60.3 Å². The van der Waals surface area contributed by atoms with Crippen molar-refractivity contribution in [2.75, 3.05) is 25.1 Å². The largest absolute Gasteiger partial charge is 0.494 e. The highest BCUT2D eigenvalue weighted by Crippen LogP contribution is 2.69. The minimum absolute atomic E-state index is 0.0363. The van der Waals surface area contributed by atoms with Gasteiger partial charge in [0.25, 0.3) is 0 Å². The molecule has 1 aromatic carbocycles. The molecule has 3 aliphatic rings. The highest BCUT2D eigenvalue weighted by atomic mass is 32.2. The van der Waals surface area contributed by atoms with Gasteiger partial charge in [-0.2, -0.15) is 0 Å². The summed E-state index contributed by atoms with van der Waals surface area (Å²) in [7, 11) is 0. The Hall–Kier alpha value is -2.26. The molecule has 0 saturated carbocycles. The smallest absolute Gasteiger partial charge is 0.244 e. The molecule has 0 aliphatic carbocycles. The highest BCUT2D eigenvalue weighted by molar-refractivity contribution is 8.02. The zero-order chi connectivity index (χ0) is 27.6. The first-order valence-corrected chi connectivity index (χ1v) is 15.0. The van der Waals surface area contributed by atoms with Gasteiger partial charge in [-0.15, -0.1) is 11.8 Å². The number of anilines is 1. The van der Waals surface area contributed by atoms with Crippen molar-refractivity contribution in [1.82, 2.24) is 10.2 Å². The second-order valence-electron chi connectivity index (χ2n) is 11.2. The Bertz CT molecular complexity index is 1020. The summed E-state index contributed by atoms with van der Waals surface area (Å²) in [5, 5.41) is 16.4. The third-order valence-corrected chi connectivity index (χ3v) is 10.6. The number of carbonyl (C=O) groups excluding carboxylic acids is 3. The van der Waals surface area contributed by atoms with Gasteiger partial charge in [0.2, 0.25) is 17.7 Å². The van der Waals surface area contributed by atoms with E-state index in [0.717, 1.165) is 31.4 Å². The van der Waals surface area contributed by atoms with Crippen molar-refractivity contribution in [3.8, 4) is 5.75 Å². The number of unbranched alkanes of at least 4 members (excludes halogenated alkanes) is 2. The Labute approximate surface area is 230 Å². The summed E-state index contributed by atoms with van der Waals surface area (Å²) in [6.07, 6.45) is 3.73. The number of fused-ring (bicyclic) bond motifs is 1. The van der Waals surface area contributed by atoms with Gasteiger partial charge in [0.15, 0.2) is 0 Å². The van der Waals surface area contributed by atoms with E-state index in [-0.39, 0.29) is 41.4 Å². The predicted molar refractivity (Wildman–Crippen MR) is 150 cm³/mol. The van der Waals surface area contributed by atoms with Crippen LogP contribution >= 0.6 is 11.8 Å². The number of likely N-dealkylation sites (tertiary alicyclic amines) is 1. The van der Waals surface area contributed by atoms with E-state index in [0.29, 0.717) is 18.8 Å². The van der Waals surface area contributed by atoms with Gasteiger partial charge in [0, 0.05) is 17.5 Å². The summed E-state index contributed by atoms with van der Waals surface area (Å²) in [6.45, 7) is 11.0. The van der Waals surface area contributed by atoms with Crippen molar-refractivity contribution in [2.45, 2.75) is 82.4 Å². The maximum Gasteiger partial charge on any atom is 0.244 e. The number of aliphatic hydroxyl groups is 1. The average Bonchev–Trinajstić information content (AvgIpc) is 3.47. The second kappa shape index (κ2) is 11.9. The number of aliphatic hydroxyl groups excluding tert-OH is 1. The van der Waals surface area contributed by atoms with Gasteiger partial charge in [-0.3, -0.25) is 14.4 Å². The first-order valence-electron chi connectivity index (χ1n) is 14.1. The van der Waals surface area contributed by atoms with Crippen LogP contribution in [0, 0.1) is 23.7 Å². The first-order chi connectivity index (χ1) is 18.2. The highest BCUT2D eigenvalue weighted by Gasteiger charge is 2.76. The van der Waals surface area contributed by atoms with Crippen LogP contribution in [0.25, 0.3) is 0 Å². The Kier molecular flexibility index (Phi) is 8.97. The van der Waals surface area contributed by atoms with Gasteiger partial charge >= 0.3 is 0 Å². The van der Waals surface area contributed by atoms with E-state index in [9.17, 15) is 19.5 Å². The topological polar surface area (TPSA) is 108 Å². The van der Waals surface area contributed by atoms with E-state index in [1.54, 1.807) is 28.8 Å². The van der Waals surface area contributed by atoms with Crippen LogP contribution in [-0.4, -0.2) is 69.6 Å². The lowest BCUT2D eigenvalue weighted by Gasteiger charge is -2.40. The third kappa shape index (κ3) is 4.92. The molecule has 9 heteroatoms. The zero-order valence-corrected chi connectivity index (χ0v) is 24.1. The van der Waals surface area contributed by atoms with Gasteiger partial charge in [-0.05, 0) is 55.9 Å². The van der Waals surface area contributed by atoms with Crippen LogP contribution < -0.4 is 15.4 Å². The summed E-state index contributed by atoms with van der Waals surface area (Å²) in [4.78, 5) is 43.4. The molecule has 3 saturated heterocycles. The number of hydrogen-bond donors (Lipinski definition) is 3.